The standard InChI is InChI=1S/C15H20N4O2/c1-15(5-7-18(2)8-6-15)11-17-13-4-3-12(10-16)14(9-13)19(20)21/h3-4,9,17H,5-8,11H2,1-2H3. The van der Waals surface area contributed by atoms with Crippen molar-refractivity contribution in [3.63, 3.8) is 0 Å². The molecular weight excluding hydrogens is 268 g/mol. The molecule has 0 bridgehead atoms. The summed E-state index contributed by atoms with van der Waals surface area (Å²) in [6.07, 6.45) is 2.21. The third-order valence-corrected chi connectivity index (χ3v) is 4.23. The zero-order chi connectivity index (χ0) is 15.5. The Morgan fingerprint density at radius 1 is 1.48 bits per heavy atom. The molecule has 0 aromatic heterocycles. The highest BCUT2D eigenvalue weighted by molar-refractivity contribution is 5.59. The molecule has 1 aliphatic heterocycles. The molecule has 1 fully saturated rings. The van der Waals surface area contributed by atoms with Crippen LogP contribution in [0.5, 0.6) is 0 Å². The van der Waals surface area contributed by atoms with Crippen LogP contribution in [0.4, 0.5) is 11.4 Å². The van der Waals surface area contributed by atoms with Crippen molar-refractivity contribution >= 4 is 11.4 Å². The number of anilines is 1. The minimum atomic E-state index is -0.513. The van der Waals surface area contributed by atoms with E-state index in [1.54, 1.807) is 6.07 Å². The molecule has 0 atom stereocenters. The fourth-order valence-corrected chi connectivity index (χ4v) is 2.54. The predicted molar refractivity (Wildman–Crippen MR) is 81.1 cm³/mol. The number of nitrogens with one attached hydrogen (secondary N) is 1. The van der Waals surface area contributed by atoms with Gasteiger partial charge in [-0.3, -0.25) is 10.1 Å². The number of nitro groups is 1. The van der Waals surface area contributed by atoms with Crippen LogP contribution in [0.3, 0.4) is 0 Å². The zero-order valence-electron chi connectivity index (χ0n) is 12.4. The van der Waals surface area contributed by atoms with Crippen LogP contribution in [0, 0.1) is 26.9 Å². The van der Waals surface area contributed by atoms with Crippen LogP contribution in [0.25, 0.3) is 0 Å². The number of hydrogen-bond acceptors (Lipinski definition) is 5. The summed E-state index contributed by atoms with van der Waals surface area (Å²) in [5, 5.41) is 23.1. The minimum absolute atomic E-state index is 0.0936. The van der Waals surface area contributed by atoms with Crippen LogP contribution < -0.4 is 5.32 Å². The van der Waals surface area contributed by atoms with Gasteiger partial charge in [-0.05, 0) is 50.5 Å². The van der Waals surface area contributed by atoms with Gasteiger partial charge in [0.2, 0.25) is 0 Å². The van der Waals surface area contributed by atoms with Gasteiger partial charge in [0.1, 0.15) is 11.6 Å². The van der Waals surface area contributed by atoms with Gasteiger partial charge in [-0.2, -0.15) is 5.26 Å². The van der Waals surface area contributed by atoms with Crippen molar-refractivity contribution in [3.8, 4) is 6.07 Å². The van der Waals surface area contributed by atoms with E-state index >= 15 is 0 Å². The molecule has 1 N–H and O–H groups in total. The molecule has 2 rings (SSSR count). The summed E-state index contributed by atoms with van der Waals surface area (Å²) in [7, 11) is 2.12. The second-order valence-electron chi connectivity index (χ2n) is 6.07. The van der Waals surface area contributed by atoms with Crippen LogP contribution in [-0.2, 0) is 0 Å². The van der Waals surface area contributed by atoms with E-state index in [9.17, 15) is 10.1 Å². The van der Waals surface area contributed by atoms with E-state index in [0.717, 1.165) is 32.5 Å². The van der Waals surface area contributed by atoms with Crippen molar-refractivity contribution in [2.45, 2.75) is 19.8 Å². The van der Waals surface area contributed by atoms with Crippen LogP contribution in [0.2, 0.25) is 0 Å². The van der Waals surface area contributed by atoms with Gasteiger partial charge in [0.15, 0.2) is 0 Å². The maximum atomic E-state index is 11.0. The third kappa shape index (κ3) is 3.70. The van der Waals surface area contributed by atoms with Crippen LogP contribution in [0.15, 0.2) is 18.2 Å². The second kappa shape index (κ2) is 6.10. The molecule has 0 unspecified atom stereocenters. The summed E-state index contributed by atoms with van der Waals surface area (Å²) in [6, 6.07) is 6.51. The number of piperidine rings is 1. The lowest BCUT2D eigenvalue weighted by Crippen LogP contribution is -2.40. The Bertz CT molecular complexity index is 572. The summed E-state index contributed by atoms with van der Waals surface area (Å²) in [6.45, 7) is 5.17. The predicted octanol–water partition coefficient (Wildman–Crippen LogP) is 2.61. The van der Waals surface area contributed by atoms with Crippen LogP contribution in [0.1, 0.15) is 25.3 Å². The Morgan fingerprint density at radius 3 is 2.71 bits per heavy atom. The Morgan fingerprint density at radius 2 is 2.14 bits per heavy atom. The molecule has 0 amide bonds. The highest BCUT2D eigenvalue weighted by atomic mass is 16.6. The third-order valence-electron chi connectivity index (χ3n) is 4.23. The van der Waals surface area contributed by atoms with E-state index in [2.05, 4.69) is 24.2 Å². The summed E-state index contributed by atoms with van der Waals surface area (Å²) in [4.78, 5) is 12.8. The molecule has 6 nitrogen and oxygen atoms in total. The van der Waals surface area contributed by atoms with Gasteiger partial charge in [0, 0.05) is 18.3 Å². The normalized spacial score (nSPS) is 18.0. The summed E-state index contributed by atoms with van der Waals surface area (Å²) in [5.41, 5.74) is 0.850. The maximum absolute atomic E-state index is 11.0. The van der Waals surface area contributed by atoms with Crippen molar-refractivity contribution in [3.05, 3.63) is 33.9 Å². The zero-order valence-corrected chi connectivity index (χ0v) is 12.4. The molecule has 1 saturated heterocycles. The van der Waals surface area contributed by atoms with Gasteiger partial charge in [-0.15, -0.1) is 0 Å². The lowest BCUT2D eigenvalue weighted by atomic mass is 9.80. The molecule has 1 aromatic rings. The summed E-state index contributed by atoms with van der Waals surface area (Å²) >= 11 is 0. The van der Waals surface area contributed by atoms with Gasteiger partial charge in [-0.25, -0.2) is 0 Å². The fraction of sp³-hybridized carbons (Fsp3) is 0.533. The quantitative estimate of drug-likeness (QED) is 0.680. The van der Waals surface area contributed by atoms with Crippen LogP contribution in [-0.4, -0.2) is 36.5 Å². The van der Waals surface area contributed by atoms with Gasteiger partial charge in [0.05, 0.1) is 4.92 Å². The lowest BCUT2D eigenvalue weighted by molar-refractivity contribution is -0.385. The van der Waals surface area contributed by atoms with Crippen molar-refractivity contribution < 1.29 is 4.92 Å². The number of nitrogens with zero attached hydrogens (tertiary/aromatic N) is 3. The van der Waals surface area contributed by atoms with Gasteiger partial charge in [-0.1, -0.05) is 6.92 Å². The van der Waals surface area contributed by atoms with Crippen molar-refractivity contribution in [2.24, 2.45) is 5.41 Å². The molecule has 0 saturated carbocycles. The van der Waals surface area contributed by atoms with Gasteiger partial charge < -0.3 is 10.2 Å². The molecule has 6 heteroatoms. The molecule has 0 radical (unpaired) electrons. The van der Waals surface area contributed by atoms with Gasteiger partial charge >= 0.3 is 0 Å². The lowest BCUT2D eigenvalue weighted by Gasteiger charge is -2.38. The number of likely N-dealkylation sites (tertiary alicyclic amines) is 1. The SMILES string of the molecule is CN1CCC(C)(CNc2ccc(C#N)c([N+](=O)[O-])c2)CC1. The van der Waals surface area contributed by atoms with Gasteiger partial charge in [0.25, 0.3) is 5.69 Å². The van der Waals surface area contributed by atoms with Crippen molar-refractivity contribution in [1.29, 1.82) is 5.26 Å². The number of nitro benzene ring substituents is 1. The molecule has 21 heavy (non-hydrogen) atoms. The highest BCUT2D eigenvalue weighted by Gasteiger charge is 2.28. The van der Waals surface area contributed by atoms with E-state index in [1.807, 2.05) is 6.07 Å². The fourth-order valence-electron chi connectivity index (χ4n) is 2.54. The monoisotopic (exact) mass is 288 g/mol. The van der Waals surface area contributed by atoms with E-state index in [-0.39, 0.29) is 16.7 Å². The van der Waals surface area contributed by atoms with E-state index in [4.69, 9.17) is 5.26 Å². The van der Waals surface area contributed by atoms with E-state index in [0.29, 0.717) is 5.69 Å². The Balaban J connectivity index is 2.05. The largest absolute Gasteiger partial charge is 0.384 e. The number of benzene rings is 1. The summed E-state index contributed by atoms with van der Waals surface area (Å²) < 4.78 is 0. The van der Waals surface area contributed by atoms with E-state index in [1.165, 1.54) is 12.1 Å². The topological polar surface area (TPSA) is 82.2 Å². The average molecular weight is 288 g/mol. The van der Waals surface area contributed by atoms with Crippen molar-refractivity contribution in [2.75, 3.05) is 32.0 Å². The van der Waals surface area contributed by atoms with E-state index < -0.39 is 4.92 Å². The first-order valence-electron chi connectivity index (χ1n) is 7.04. The molecule has 1 heterocycles. The first-order chi connectivity index (χ1) is 9.93. The first kappa shape index (κ1) is 15.3. The molecule has 1 aliphatic rings. The molecule has 0 aliphatic carbocycles. The Kier molecular flexibility index (Phi) is 4.43. The summed E-state index contributed by atoms with van der Waals surface area (Å²) in [5.74, 6) is 0. The molecule has 1 aromatic carbocycles. The smallest absolute Gasteiger partial charge is 0.289 e. The Hall–Kier alpha value is -2.13. The first-order valence-corrected chi connectivity index (χ1v) is 7.04. The average Bonchev–Trinajstić information content (AvgIpc) is 2.48. The number of hydrogen-bond donors (Lipinski definition) is 1. The Labute approximate surface area is 124 Å². The number of rotatable bonds is 4. The molecule has 112 valence electrons. The minimum Gasteiger partial charge on any atom is -0.384 e. The van der Waals surface area contributed by atoms with Crippen molar-refractivity contribution in [1.82, 2.24) is 4.90 Å². The number of nitriles is 1. The van der Waals surface area contributed by atoms with Crippen LogP contribution >= 0.6 is 0 Å². The highest BCUT2D eigenvalue weighted by Crippen LogP contribution is 2.31. The molecular formula is C15H20N4O2. The molecule has 0 spiro atoms. The maximum Gasteiger partial charge on any atom is 0.289 e. The second-order valence-corrected chi connectivity index (χ2v) is 6.07.